The van der Waals surface area contributed by atoms with Crippen molar-refractivity contribution in [2.24, 2.45) is 0 Å². The Balaban J connectivity index is 2.03. The van der Waals surface area contributed by atoms with Crippen molar-refractivity contribution >= 4 is 39.1 Å². The van der Waals surface area contributed by atoms with Gasteiger partial charge in [-0.3, -0.25) is 13.9 Å². The van der Waals surface area contributed by atoms with Gasteiger partial charge in [-0.1, -0.05) is 36.7 Å². The summed E-state index contributed by atoms with van der Waals surface area (Å²) < 4.78 is 47.4. The summed E-state index contributed by atoms with van der Waals surface area (Å²) in [5.41, 5.74) is 0.673. The van der Waals surface area contributed by atoms with E-state index >= 15 is 0 Å². The van der Waals surface area contributed by atoms with Crippen LogP contribution in [-0.4, -0.2) is 50.9 Å². The third kappa shape index (κ3) is 7.51. The van der Waals surface area contributed by atoms with E-state index in [1.165, 1.54) is 48.4 Å². The Bertz CT molecular complexity index is 1420. The molecular formula is C29H33ClFN3O5S. The molecule has 2 amide bonds. The van der Waals surface area contributed by atoms with Gasteiger partial charge in [0.05, 0.1) is 17.7 Å². The van der Waals surface area contributed by atoms with E-state index in [-0.39, 0.29) is 29.1 Å². The first kappa shape index (κ1) is 30.9. The Hall–Kier alpha value is -3.63. The molecule has 0 spiro atoms. The normalized spacial score (nSPS) is 12.8. The molecule has 0 radical (unpaired) electrons. The van der Waals surface area contributed by atoms with E-state index in [1.807, 2.05) is 13.8 Å². The molecule has 2 atom stereocenters. The number of halogens is 2. The van der Waals surface area contributed by atoms with E-state index in [2.05, 4.69) is 5.32 Å². The number of anilines is 1. The summed E-state index contributed by atoms with van der Waals surface area (Å²) in [6.07, 6.45) is 0.690. The van der Waals surface area contributed by atoms with E-state index in [4.69, 9.17) is 16.3 Å². The predicted molar refractivity (Wildman–Crippen MR) is 153 cm³/mol. The van der Waals surface area contributed by atoms with Crippen molar-refractivity contribution in [2.45, 2.75) is 50.7 Å². The highest BCUT2D eigenvalue weighted by atomic mass is 35.5. The first-order valence-electron chi connectivity index (χ1n) is 12.7. The maximum Gasteiger partial charge on any atom is 0.264 e. The molecule has 0 fully saturated rings. The summed E-state index contributed by atoms with van der Waals surface area (Å²) >= 11 is 6.37. The SMILES string of the molecule is CC[C@@H](C)NC(=O)[C@@H](C)N(Cc1ccccc1Cl)C(=O)CN(c1ccc(F)cc1)S(=O)(=O)c1ccc(OC)cc1. The molecule has 0 aliphatic heterocycles. The van der Waals surface area contributed by atoms with Gasteiger partial charge in [0.1, 0.15) is 24.2 Å². The monoisotopic (exact) mass is 589 g/mol. The maximum absolute atomic E-state index is 13.9. The van der Waals surface area contributed by atoms with Gasteiger partial charge >= 0.3 is 0 Å². The lowest BCUT2D eigenvalue weighted by Gasteiger charge is -2.32. The van der Waals surface area contributed by atoms with Gasteiger partial charge in [0.2, 0.25) is 11.8 Å². The number of hydrogen-bond acceptors (Lipinski definition) is 5. The number of nitrogens with zero attached hydrogens (tertiary/aromatic N) is 2. The summed E-state index contributed by atoms with van der Waals surface area (Å²) in [4.78, 5) is 28.2. The highest BCUT2D eigenvalue weighted by Crippen LogP contribution is 2.27. The minimum absolute atomic E-state index is 0.0343. The van der Waals surface area contributed by atoms with E-state index < -0.39 is 34.3 Å². The number of rotatable bonds is 12. The molecule has 0 aliphatic carbocycles. The first-order chi connectivity index (χ1) is 19.0. The third-order valence-corrected chi connectivity index (χ3v) is 8.66. The van der Waals surface area contributed by atoms with Crippen LogP contribution >= 0.6 is 11.6 Å². The highest BCUT2D eigenvalue weighted by molar-refractivity contribution is 7.92. The largest absolute Gasteiger partial charge is 0.497 e. The molecule has 0 unspecified atom stereocenters. The van der Waals surface area contributed by atoms with Crippen LogP contribution in [0.25, 0.3) is 0 Å². The summed E-state index contributed by atoms with van der Waals surface area (Å²) in [5, 5.41) is 3.27. The molecule has 0 saturated heterocycles. The van der Waals surface area contributed by atoms with Crippen molar-refractivity contribution in [1.29, 1.82) is 0 Å². The van der Waals surface area contributed by atoms with Crippen LogP contribution in [0.3, 0.4) is 0 Å². The second-order valence-electron chi connectivity index (χ2n) is 9.27. The predicted octanol–water partition coefficient (Wildman–Crippen LogP) is 5.02. The summed E-state index contributed by atoms with van der Waals surface area (Å²) in [7, 11) is -2.83. The van der Waals surface area contributed by atoms with Crippen molar-refractivity contribution in [3.05, 3.63) is 89.2 Å². The molecule has 3 aromatic carbocycles. The quantitative estimate of drug-likeness (QED) is 0.320. The van der Waals surface area contributed by atoms with Crippen molar-refractivity contribution in [1.82, 2.24) is 10.2 Å². The van der Waals surface area contributed by atoms with Gasteiger partial charge in [0.15, 0.2) is 0 Å². The lowest BCUT2D eigenvalue weighted by atomic mass is 10.1. The van der Waals surface area contributed by atoms with E-state index in [1.54, 1.807) is 31.2 Å². The summed E-state index contributed by atoms with van der Waals surface area (Å²) in [5.74, 6) is -1.14. The number of hydrogen-bond donors (Lipinski definition) is 1. The molecule has 0 bridgehead atoms. The summed E-state index contributed by atoms with van der Waals surface area (Å²) in [6, 6.07) is 16.3. The highest BCUT2D eigenvalue weighted by Gasteiger charge is 2.33. The minimum atomic E-state index is -4.29. The molecular weight excluding hydrogens is 557 g/mol. The van der Waals surface area contributed by atoms with Gasteiger partial charge in [-0.05, 0) is 80.4 Å². The van der Waals surface area contributed by atoms with Crippen LogP contribution in [-0.2, 0) is 26.2 Å². The lowest BCUT2D eigenvalue weighted by molar-refractivity contribution is -0.139. The molecule has 8 nitrogen and oxygen atoms in total. The Kier molecular flexibility index (Phi) is 10.5. The molecule has 0 saturated carbocycles. The number of carbonyl (C=O) groups is 2. The molecule has 3 rings (SSSR count). The van der Waals surface area contributed by atoms with Crippen molar-refractivity contribution < 1.29 is 27.1 Å². The fourth-order valence-corrected chi connectivity index (χ4v) is 5.48. The first-order valence-corrected chi connectivity index (χ1v) is 14.5. The number of methoxy groups -OCH3 is 1. The molecule has 0 heterocycles. The molecule has 40 heavy (non-hydrogen) atoms. The van der Waals surface area contributed by atoms with Gasteiger partial charge < -0.3 is 15.0 Å². The molecule has 214 valence electrons. The van der Waals surface area contributed by atoms with Crippen LogP contribution in [0.15, 0.2) is 77.7 Å². The number of benzene rings is 3. The number of amides is 2. The van der Waals surface area contributed by atoms with Crippen molar-refractivity contribution in [2.75, 3.05) is 18.0 Å². The molecule has 1 N–H and O–H groups in total. The number of carbonyl (C=O) groups excluding carboxylic acids is 2. The smallest absolute Gasteiger partial charge is 0.264 e. The Morgan fingerprint density at radius 1 is 1.00 bits per heavy atom. The van der Waals surface area contributed by atoms with Crippen LogP contribution in [0.2, 0.25) is 5.02 Å². The van der Waals surface area contributed by atoms with Crippen molar-refractivity contribution in [3.63, 3.8) is 0 Å². The average Bonchev–Trinajstić information content (AvgIpc) is 2.95. The topological polar surface area (TPSA) is 96.0 Å². The van der Waals surface area contributed by atoms with E-state index in [0.29, 0.717) is 22.8 Å². The zero-order valence-corrected chi connectivity index (χ0v) is 24.4. The standard InChI is InChI=1S/C29H33ClFN3O5S/c1-5-20(2)32-29(36)21(3)33(18-22-8-6-7-9-27(22)30)28(35)19-34(24-12-10-23(31)11-13-24)40(37,38)26-16-14-25(39-4)15-17-26/h6-17,20-21H,5,18-19H2,1-4H3,(H,32,36)/t20-,21-/m1/s1. The molecule has 3 aromatic rings. The summed E-state index contributed by atoms with van der Waals surface area (Å²) in [6.45, 7) is 4.67. The van der Waals surface area contributed by atoms with Crippen LogP contribution in [0.4, 0.5) is 10.1 Å². The van der Waals surface area contributed by atoms with Gasteiger partial charge in [-0.2, -0.15) is 0 Å². The van der Waals surface area contributed by atoms with Crippen LogP contribution in [0.5, 0.6) is 5.75 Å². The second kappa shape index (κ2) is 13.6. The number of ether oxygens (including phenoxy) is 1. The fourth-order valence-electron chi connectivity index (χ4n) is 3.87. The fraction of sp³-hybridized carbons (Fsp3) is 0.310. The molecule has 11 heteroatoms. The second-order valence-corrected chi connectivity index (χ2v) is 11.5. The Labute approximate surface area is 239 Å². The third-order valence-electron chi connectivity index (χ3n) is 6.51. The number of sulfonamides is 1. The van der Waals surface area contributed by atoms with Crippen LogP contribution < -0.4 is 14.4 Å². The van der Waals surface area contributed by atoms with Gasteiger partial charge in [0, 0.05) is 17.6 Å². The maximum atomic E-state index is 13.9. The van der Waals surface area contributed by atoms with Gasteiger partial charge in [0.25, 0.3) is 10.0 Å². The van der Waals surface area contributed by atoms with Gasteiger partial charge in [-0.25, -0.2) is 12.8 Å². The number of nitrogens with one attached hydrogen (secondary N) is 1. The van der Waals surface area contributed by atoms with Crippen LogP contribution in [0.1, 0.15) is 32.8 Å². The zero-order valence-electron chi connectivity index (χ0n) is 22.8. The van der Waals surface area contributed by atoms with Crippen molar-refractivity contribution in [3.8, 4) is 5.75 Å². The van der Waals surface area contributed by atoms with Gasteiger partial charge in [-0.15, -0.1) is 0 Å². The Morgan fingerprint density at radius 3 is 2.20 bits per heavy atom. The average molecular weight is 590 g/mol. The van der Waals surface area contributed by atoms with Crippen LogP contribution in [0, 0.1) is 5.82 Å². The zero-order chi connectivity index (χ0) is 29.4. The lowest BCUT2D eigenvalue weighted by Crippen LogP contribution is -2.52. The minimum Gasteiger partial charge on any atom is -0.497 e. The molecule has 0 aliphatic rings. The van der Waals surface area contributed by atoms with E-state index in [9.17, 15) is 22.4 Å². The van der Waals surface area contributed by atoms with E-state index in [0.717, 1.165) is 16.4 Å². The Morgan fingerprint density at radius 2 is 1.62 bits per heavy atom. The molecule has 0 aromatic heterocycles.